The van der Waals surface area contributed by atoms with E-state index in [0.717, 1.165) is 0 Å². The molecule has 0 saturated heterocycles. The molecule has 113 valence electrons. The van der Waals surface area contributed by atoms with Crippen LogP contribution in [0.15, 0.2) is 21.9 Å². The standard InChI is InChI=1S/C6H6O8S2.4Bi.HI/c7-3-1-2-4(15(9,10)11)5(8)6(3)16(12,13)14;;;;;/h1-2,7-8H,(H,9,10,11)(H,12,13,14);;;;;1H/q;3*+1;+2;/p-5. The van der Waals surface area contributed by atoms with Crippen LogP contribution in [0, 0.1) is 0 Å². The summed E-state index contributed by atoms with van der Waals surface area (Å²) in [5, 5.41) is 0. The van der Waals surface area contributed by atoms with E-state index in [9.17, 15) is 16.8 Å². The topological polar surface area (TPSA) is 105 Å². The van der Waals surface area contributed by atoms with Crippen molar-refractivity contribution in [3.05, 3.63) is 12.1 Å². The Morgan fingerprint density at radius 1 is 1.00 bits per heavy atom. The molecule has 0 bridgehead atoms. The van der Waals surface area contributed by atoms with E-state index in [1.54, 1.807) is 0 Å². The molecule has 0 unspecified atom stereocenters. The molecule has 1 rings (SSSR count). The average molecular weight is 1230 g/mol. The molecule has 0 aliphatic rings. The number of benzene rings is 1. The molecular formula is C6H2Bi4IO8S2. The van der Waals surface area contributed by atoms with Crippen LogP contribution in [-0.2, 0) is 24.8 Å². The van der Waals surface area contributed by atoms with Gasteiger partial charge in [0.1, 0.15) is 0 Å². The summed E-state index contributed by atoms with van der Waals surface area (Å²) >= 11 is 1.16. The Labute approximate surface area is 189 Å². The normalized spacial score (nSPS) is 12.2. The van der Waals surface area contributed by atoms with Crippen molar-refractivity contribution in [2.45, 2.75) is 9.79 Å². The molecule has 7 radical (unpaired) electrons. The summed E-state index contributed by atoms with van der Waals surface area (Å²) in [6, 6.07) is 2.46. The zero-order valence-electron chi connectivity index (χ0n) is 9.40. The van der Waals surface area contributed by atoms with Crippen molar-refractivity contribution >= 4 is 133 Å². The second kappa shape index (κ2) is 9.56. The fourth-order valence-electron chi connectivity index (χ4n) is 1.23. The van der Waals surface area contributed by atoms with Gasteiger partial charge in [0.15, 0.2) is 0 Å². The Kier molecular flexibility index (Phi) is 9.99. The molecule has 15 heteroatoms. The van der Waals surface area contributed by atoms with Crippen LogP contribution in [0.3, 0.4) is 0 Å². The van der Waals surface area contributed by atoms with Crippen LogP contribution in [0.2, 0.25) is 0 Å². The average Bonchev–Trinajstić information content (AvgIpc) is 2.46. The quantitative estimate of drug-likeness (QED) is 0.256. The fraction of sp³-hybridized carbons (Fsp3) is 0. The van der Waals surface area contributed by atoms with Gasteiger partial charge in [-0.15, -0.1) is 0 Å². The maximum atomic E-state index is 12.1. The molecule has 0 heterocycles. The first-order chi connectivity index (χ1) is 9.75. The molecule has 0 aromatic heterocycles. The van der Waals surface area contributed by atoms with Gasteiger partial charge in [-0.25, -0.2) is 0 Å². The third kappa shape index (κ3) is 5.44. The van der Waals surface area contributed by atoms with E-state index in [0.29, 0.717) is 25.2 Å². The molecule has 0 N–H and O–H groups in total. The van der Waals surface area contributed by atoms with Crippen molar-refractivity contribution in [1.29, 1.82) is 0 Å². The molecule has 0 spiro atoms. The van der Waals surface area contributed by atoms with E-state index in [4.69, 9.17) is 5.63 Å². The summed E-state index contributed by atoms with van der Waals surface area (Å²) in [4.78, 5) is -0.733. The van der Waals surface area contributed by atoms with Gasteiger partial charge in [0, 0.05) is 0 Å². The van der Waals surface area contributed by atoms with E-state index >= 15 is 0 Å². The minimum absolute atomic E-state index is 0.000261. The molecule has 0 aliphatic carbocycles. The monoisotopic (exact) mass is 1230 g/mol. The van der Waals surface area contributed by atoms with Gasteiger partial charge >= 0.3 is 194 Å². The first-order valence-corrected chi connectivity index (χ1v) is 22.7. The minimum atomic E-state index is -4.15. The van der Waals surface area contributed by atoms with Crippen molar-refractivity contribution in [2.24, 2.45) is 0 Å². The van der Waals surface area contributed by atoms with E-state index < -0.39 is 44.6 Å². The molecule has 0 amide bonds. The number of rotatable bonds is 7. The zero-order valence-corrected chi connectivity index (χ0v) is 27.1. The molecular weight excluding hydrogens is 1230 g/mol. The summed E-state index contributed by atoms with van der Waals surface area (Å²) < 4.78 is 67.7. The first kappa shape index (κ1) is 21.9. The molecule has 21 heavy (non-hydrogen) atoms. The number of hydrogen-bond donors (Lipinski definition) is 0. The third-order valence-electron chi connectivity index (χ3n) is 1.98. The van der Waals surface area contributed by atoms with E-state index in [1.165, 1.54) is 12.1 Å². The van der Waals surface area contributed by atoms with Crippen molar-refractivity contribution in [3.8, 4) is 11.5 Å². The van der Waals surface area contributed by atoms with Gasteiger partial charge < -0.3 is 0 Å². The molecule has 1 aromatic rings. The maximum absolute atomic E-state index is 12.1. The van der Waals surface area contributed by atoms with Crippen molar-refractivity contribution in [1.82, 2.24) is 0 Å². The van der Waals surface area contributed by atoms with E-state index in [2.05, 4.69) is 4.52 Å². The summed E-state index contributed by atoms with van der Waals surface area (Å²) in [7, 11) is -8.23. The van der Waals surface area contributed by atoms with Crippen LogP contribution in [0.5, 0.6) is 11.5 Å². The Balaban J connectivity index is 3.86. The van der Waals surface area contributed by atoms with Crippen LogP contribution >= 0.6 is 18.0 Å². The molecule has 0 saturated carbocycles. The third-order valence-corrected chi connectivity index (χ3v) is 12.2. The van der Waals surface area contributed by atoms with Gasteiger partial charge in [-0.2, -0.15) is 0 Å². The predicted molar refractivity (Wildman–Crippen MR) is 81.3 cm³/mol. The fourth-order valence-corrected chi connectivity index (χ4v) is 8.68. The van der Waals surface area contributed by atoms with Crippen LogP contribution in [0.25, 0.3) is 0 Å². The zero-order chi connectivity index (χ0) is 16.3. The molecule has 0 atom stereocenters. The molecule has 0 aliphatic heterocycles. The molecule has 1 aromatic carbocycles. The summed E-state index contributed by atoms with van der Waals surface area (Å²) in [6.07, 6.45) is 0. The Hall–Kier alpha value is 2.90. The first-order valence-electron chi connectivity index (χ1n) is 4.38. The van der Waals surface area contributed by atoms with Crippen molar-refractivity contribution in [2.75, 3.05) is 0 Å². The van der Waals surface area contributed by atoms with Gasteiger partial charge in [0.2, 0.25) is 0 Å². The van der Waals surface area contributed by atoms with E-state index in [1.807, 2.05) is 18.0 Å². The number of halogens is 1. The molecule has 0 fully saturated rings. The second-order valence-electron chi connectivity index (χ2n) is 3.03. The van der Waals surface area contributed by atoms with Crippen molar-refractivity contribution < 1.29 is 27.0 Å². The van der Waals surface area contributed by atoms with Gasteiger partial charge in [0.05, 0.1) is 0 Å². The predicted octanol–water partition coefficient (Wildman–Crippen LogP) is -0.925. The van der Waals surface area contributed by atoms with Crippen LogP contribution in [-0.4, -0.2) is 112 Å². The van der Waals surface area contributed by atoms with E-state index in [-0.39, 0.29) is 66.7 Å². The van der Waals surface area contributed by atoms with Crippen LogP contribution in [0.4, 0.5) is 0 Å². The summed E-state index contributed by atoms with van der Waals surface area (Å²) in [5.74, 6) is -0.276. The Morgan fingerprint density at radius 3 is 2.00 bits per heavy atom. The van der Waals surface area contributed by atoms with Gasteiger partial charge in [-0.05, 0) is 0 Å². The van der Waals surface area contributed by atoms with Crippen LogP contribution < -0.4 is 5.63 Å². The summed E-state index contributed by atoms with van der Waals surface area (Å²) in [5.41, 5.74) is 0. The Bertz CT molecular complexity index is 721. The molecule has 8 nitrogen and oxygen atoms in total. The van der Waals surface area contributed by atoms with Gasteiger partial charge in [-0.3, -0.25) is 0 Å². The van der Waals surface area contributed by atoms with Crippen molar-refractivity contribution in [3.63, 3.8) is 0 Å². The second-order valence-corrected chi connectivity index (χ2v) is 14.9. The van der Waals surface area contributed by atoms with Gasteiger partial charge in [-0.1, -0.05) is 0 Å². The summed E-state index contributed by atoms with van der Waals surface area (Å²) in [6.45, 7) is 0. The Morgan fingerprint density at radius 2 is 1.57 bits per heavy atom. The SMILES string of the molecule is O=S(=O)([O][Bi])c1ccc([O][Bi])c(S(=O)(=O)[O][Bi])c1[O][Bi][I]. The van der Waals surface area contributed by atoms with Gasteiger partial charge in [0.25, 0.3) is 0 Å². The van der Waals surface area contributed by atoms with Crippen LogP contribution in [0.1, 0.15) is 0 Å². The number of hydrogen-bond acceptors (Lipinski definition) is 8.